The Kier molecular flexibility index (Phi) is 2.90. The summed E-state index contributed by atoms with van der Waals surface area (Å²) < 4.78 is 5.65. The van der Waals surface area contributed by atoms with Crippen LogP contribution < -0.4 is 10.5 Å². The van der Waals surface area contributed by atoms with E-state index in [4.69, 9.17) is 15.9 Å². The number of nitrogens with two attached hydrogens (primary N) is 1. The van der Waals surface area contributed by atoms with E-state index in [-0.39, 0.29) is 5.84 Å². The molecule has 2 rings (SSSR count). The van der Waals surface area contributed by atoms with E-state index in [2.05, 4.69) is 0 Å². The fourth-order valence-corrected chi connectivity index (χ4v) is 1.63. The Morgan fingerprint density at radius 2 is 2.27 bits per heavy atom. The molecule has 0 heterocycles. The van der Waals surface area contributed by atoms with Crippen LogP contribution in [0.5, 0.6) is 5.75 Å². The van der Waals surface area contributed by atoms with E-state index in [1.54, 1.807) is 0 Å². The number of amidine groups is 1. The number of hydrogen-bond acceptors (Lipinski definition) is 2. The predicted octanol–water partition coefficient (Wildman–Crippen LogP) is 2.15. The maximum atomic E-state index is 7.32. The Hall–Kier alpha value is -1.51. The van der Waals surface area contributed by atoms with Crippen molar-refractivity contribution in [3.63, 3.8) is 0 Å². The molecule has 0 radical (unpaired) electrons. The van der Waals surface area contributed by atoms with E-state index in [1.807, 2.05) is 24.3 Å². The minimum Gasteiger partial charge on any atom is -0.493 e. The highest BCUT2D eigenvalue weighted by Crippen LogP contribution is 2.27. The van der Waals surface area contributed by atoms with Crippen molar-refractivity contribution in [2.45, 2.75) is 19.3 Å². The first-order valence-electron chi connectivity index (χ1n) is 5.33. The molecule has 1 fully saturated rings. The van der Waals surface area contributed by atoms with Gasteiger partial charge in [-0.3, -0.25) is 5.41 Å². The fraction of sp³-hybridized carbons (Fsp3) is 0.417. The lowest BCUT2D eigenvalue weighted by Gasteiger charge is -2.25. The smallest absolute Gasteiger partial charge is 0.122 e. The standard InChI is InChI=1S/C12H16N2O/c13-12(14)10-5-2-6-11(7-10)15-8-9-3-1-4-9/h2,5-7,9H,1,3-4,8H2,(H3,13,14). The summed E-state index contributed by atoms with van der Waals surface area (Å²) in [5.41, 5.74) is 6.13. The van der Waals surface area contributed by atoms with Gasteiger partial charge in [0, 0.05) is 5.56 Å². The summed E-state index contributed by atoms with van der Waals surface area (Å²) >= 11 is 0. The molecule has 0 unspecified atom stereocenters. The van der Waals surface area contributed by atoms with Gasteiger partial charge in [-0.25, -0.2) is 0 Å². The average Bonchev–Trinajstić information content (AvgIpc) is 2.16. The van der Waals surface area contributed by atoms with E-state index in [0.29, 0.717) is 0 Å². The summed E-state index contributed by atoms with van der Waals surface area (Å²) in [5.74, 6) is 1.63. The third-order valence-electron chi connectivity index (χ3n) is 2.86. The molecule has 80 valence electrons. The molecule has 0 amide bonds. The largest absolute Gasteiger partial charge is 0.493 e. The highest BCUT2D eigenvalue weighted by atomic mass is 16.5. The number of ether oxygens (including phenoxy) is 1. The minimum absolute atomic E-state index is 0.0871. The van der Waals surface area contributed by atoms with Crippen molar-refractivity contribution in [2.24, 2.45) is 11.7 Å². The van der Waals surface area contributed by atoms with Crippen LogP contribution in [0.3, 0.4) is 0 Å². The molecule has 3 heteroatoms. The van der Waals surface area contributed by atoms with Gasteiger partial charge in [0.1, 0.15) is 11.6 Å². The lowest BCUT2D eigenvalue weighted by molar-refractivity contribution is 0.180. The average molecular weight is 204 g/mol. The molecule has 0 aromatic heterocycles. The maximum Gasteiger partial charge on any atom is 0.122 e. The summed E-state index contributed by atoms with van der Waals surface area (Å²) in [7, 11) is 0. The first kappa shape index (κ1) is 10.0. The van der Waals surface area contributed by atoms with Crippen LogP contribution in [0.2, 0.25) is 0 Å². The molecule has 1 saturated carbocycles. The first-order chi connectivity index (χ1) is 7.25. The van der Waals surface area contributed by atoms with Crippen LogP contribution in [0.1, 0.15) is 24.8 Å². The molecule has 0 bridgehead atoms. The van der Waals surface area contributed by atoms with E-state index < -0.39 is 0 Å². The molecule has 15 heavy (non-hydrogen) atoms. The van der Waals surface area contributed by atoms with Crippen molar-refractivity contribution >= 4 is 5.84 Å². The number of rotatable bonds is 4. The third kappa shape index (κ3) is 2.49. The molecule has 0 atom stereocenters. The zero-order valence-electron chi connectivity index (χ0n) is 8.70. The van der Waals surface area contributed by atoms with Gasteiger partial charge < -0.3 is 10.5 Å². The lowest BCUT2D eigenvalue weighted by atomic mass is 9.86. The molecule has 1 aliphatic carbocycles. The molecule has 3 nitrogen and oxygen atoms in total. The molecule has 3 N–H and O–H groups in total. The van der Waals surface area contributed by atoms with Crippen LogP contribution in [0.4, 0.5) is 0 Å². The molecule has 0 aliphatic heterocycles. The van der Waals surface area contributed by atoms with Crippen LogP contribution in [-0.4, -0.2) is 12.4 Å². The summed E-state index contributed by atoms with van der Waals surface area (Å²) in [6.45, 7) is 0.793. The molecule has 0 spiro atoms. The monoisotopic (exact) mass is 204 g/mol. The van der Waals surface area contributed by atoms with Crippen molar-refractivity contribution in [2.75, 3.05) is 6.61 Å². The van der Waals surface area contributed by atoms with Crippen molar-refractivity contribution in [3.8, 4) is 5.75 Å². The normalized spacial score (nSPS) is 15.7. The fourth-order valence-electron chi connectivity index (χ4n) is 1.63. The Labute approximate surface area is 89.8 Å². The first-order valence-corrected chi connectivity index (χ1v) is 5.33. The van der Waals surface area contributed by atoms with Crippen LogP contribution in [0, 0.1) is 11.3 Å². The zero-order chi connectivity index (χ0) is 10.7. The topological polar surface area (TPSA) is 59.1 Å². The molecular formula is C12H16N2O. The number of nitrogen functional groups attached to an aromatic ring is 1. The lowest BCUT2D eigenvalue weighted by Crippen LogP contribution is -2.19. The van der Waals surface area contributed by atoms with Crippen molar-refractivity contribution in [1.29, 1.82) is 5.41 Å². The number of nitrogens with one attached hydrogen (secondary N) is 1. The molecule has 1 aromatic carbocycles. The SMILES string of the molecule is N=C(N)c1cccc(OCC2CCC2)c1. The number of benzene rings is 1. The molecule has 1 aliphatic rings. The second kappa shape index (κ2) is 4.34. The summed E-state index contributed by atoms with van der Waals surface area (Å²) in [6.07, 6.45) is 3.90. The third-order valence-corrected chi connectivity index (χ3v) is 2.86. The second-order valence-electron chi connectivity index (χ2n) is 4.05. The van der Waals surface area contributed by atoms with E-state index in [9.17, 15) is 0 Å². The second-order valence-corrected chi connectivity index (χ2v) is 4.05. The van der Waals surface area contributed by atoms with Gasteiger partial charge in [0.05, 0.1) is 6.61 Å². The van der Waals surface area contributed by atoms with Gasteiger partial charge in [-0.05, 0) is 30.9 Å². The quantitative estimate of drug-likeness (QED) is 0.583. The van der Waals surface area contributed by atoms with E-state index in [1.165, 1.54) is 19.3 Å². The van der Waals surface area contributed by atoms with Crippen LogP contribution in [0.25, 0.3) is 0 Å². The summed E-state index contributed by atoms with van der Waals surface area (Å²) in [6, 6.07) is 7.41. The highest BCUT2D eigenvalue weighted by molar-refractivity contribution is 5.95. The molecule has 1 aromatic rings. The molecular weight excluding hydrogens is 188 g/mol. The summed E-state index contributed by atoms with van der Waals surface area (Å²) in [5, 5.41) is 7.32. The van der Waals surface area contributed by atoms with Gasteiger partial charge in [-0.15, -0.1) is 0 Å². The van der Waals surface area contributed by atoms with Crippen LogP contribution >= 0.6 is 0 Å². The van der Waals surface area contributed by atoms with Crippen molar-refractivity contribution in [3.05, 3.63) is 29.8 Å². The van der Waals surface area contributed by atoms with Gasteiger partial charge in [0.25, 0.3) is 0 Å². The van der Waals surface area contributed by atoms with E-state index >= 15 is 0 Å². The van der Waals surface area contributed by atoms with Crippen molar-refractivity contribution in [1.82, 2.24) is 0 Å². The van der Waals surface area contributed by atoms with Crippen LogP contribution in [-0.2, 0) is 0 Å². The Morgan fingerprint density at radius 1 is 1.47 bits per heavy atom. The summed E-state index contributed by atoms with van der Waals surface area (Å²) in [4.78, 5) is 0. The highest BCUT2D eigenvalue weighted by Gasteiger charge is 2.17. The van der Waals surface area contributed by atoms with Gasteiger partial charge in [0.2, 0.25) is 0 Å². The van der Waals surface area contributed by atoms with Gasteiger partial charge in [-0.2, -0.15) is 0 Å². The minimum atomic E-state index is 0.0871. The molecule has 0 saturated heterocycles. The Morgan fingerprint density at radius 3 is 2.87 bits per heavy atom. The number of hydrogen-bond donors (Lipinski definition) is 2. The zero-order valence-corrected chi connectivity index (χ0v) is 8.70. The van der Waals surface area contributed by atoms with Gasteiger partial charge in [0.15, 0.2) is 0 Å². The maximum absolute atomic E-state index is 7.32. The van der Waals surface area contributed by atoms with Crippen molar-refractivity contribution < 1.29 is 4.74 Å². The van der Waals surface area contributed by atoms with Gasteiger partial charge in [-0.1, -0.05) is 18.6 Å². The van der Waals surface area contributed by atoms with E-state index in [0.717, 1.165) is 23.8 Å². The Bertz CT molecular complexity index is 358. The Balaban J connectivity index is 1.94. The van der Waals surface area contributed by atoms with Crippen LogP contribution in [0.15, 0.2) is 24.3 Å². The van der Waals surface area contributed by atoms with Gasteiger partial charge >= 0.3 is 0 Å². The predicted molar refractivity (Wildman–Crippen MR) is 60.3 cm³/mol.